The first-order chi connectivity index (χ1) is 9.43. The van der Waals surface area contributed by atoms with E-state index in [1.807, 2.05) is 13.8 Å². The molecule has 0 saturated carbocycles. The molecule has 0 aliphatic heterocycles. The van der Waals surface area contributed by atoms with E-state index in [9.17, 15) is 10.2 Å². The molecule has 20 heavy (non-hydrogen) atoms. The second kappa shape index (κ2) is 8.09. The van der Waals surface area contributed by atoms with Gasteiger partial charge in [0.2, 0.25) is 0 Å². The summed E-state index contributed by atoms with van der Waals surface area (Å²) in [5.74, 6) is 1.06. The van der Waals surface area contributed by atoms with Crippen LogP contribution in [0.5, 0.6) is 11.5 Å². The minimum Gasteiger partial charge on any atom is -0.493 e. The lowest BCUT2D eigenvalue weighted by Crippen LogP contribution is -2.25. The first kappa shape index (κ1) is 16.8. The Morgan fingerprint density at radius 3 is 2.30 bits per heavy atom. The van der Waals surface area contributed by atoms with Crippen molar-refractivity contribution in [2.75, 3.05) is 20.3 Å². The van der Waals surface area contributed by atoms with E-state index in [2.05, 4.69) is 0 Å². The topological polar surface area (TPSA) is 68.2 Å². The summed E-state index contributed by atoms with van der Waals surface area (Å²) in [5, 5.41) is 19.3. The van der Waals surface area contributed by atoms with Crippen molar-refractivity contribution < 1.29 is 24.4 Å². The minimum atomic E-state index is -0.696. The molecule has 0 aromatic heterocycles. The summed E-state index contributed by atoms with van der Waals surface area (Å²) in [5.41, 5.74) is 0.748. The van der Waals surface area contributed by atoms with E-state index in [1.165, 1.54) is 7.11 Å². The zero-order valence-corrected chi connectivity index (χ0v) is 12.5. The van der Waals surface area contributed by atoms with Gasteiger partial charge in [-0.05, 0) is 38.5 Å². The second-order valence-electron chi connectivity index (χ2n) is 4.93. The molecule has 0 radical (unpaired) electrons. The van der Waals surface area contributed by atoms with Gasteiger partial charge in [0.05, 0.1) is 25.9 Å². The van der Waals surface area contributed by atoms with Gasteiger partial charge in [0.15, 0.2) is 11.5 Å². The SMILES string of the molecule is COc1cc([C@@H](C)O)ccc1OCC(O)COC(C)C. The average molecular weight is 284 g/mol. The molecule has 1 unspecified atom stereocenters. The van der Waals surface area contributed by atoms with Gasteiger partial charge in [-0.3, -0.25) is 0 Å². The average Bonchev–Trinajstić information content (AvgIpc) is 2.42. The van der Waals surface area contributed by atoms with Crippen LogP contribution < -0.4 is 9.47 Å². The number of hydrogen-bond donors (Lipinski definition) is 2. The van der Waals surface area contributed by atoms with Crippen molar-refractivity contribution in [1.29, 1.82) is 0 Å². The van der Waals surface area contributed by atoms with Crippen LogP contribution in [-0.2, 0) is 4.74 Å². The van der Waals surface area contributed by atoms with E-state index < -0.39 is 12.2 Å². The van der Waals surface area contributed by atoms with Crippen LogP contribution in [0.15, 0.2) is 18.2 Å². The number of ether oxygens (including phenoxy) is 3. The van der Waals surface area contributed by atoms with Crippen molar-refractivity contribution >= 4 is 0 Å². The highest BCUT2D eigenvalue weighted by atomic mass is 16.5. The summed E-state index contributed by atoms with van der Waals surface area (Å²) in [6.07, 6.45) is -1.19. The van der Waals surface area contributed by atoms with E-state index in [4.69, 9.17) is 14.2 Å². The Bertz CT molecular complexity index is 403. The number of hydrogen-bond acceptors (Lipinski definition) is 5. The van der Waals surface area contributed by atoms with E-state index in [0.29, 0.717) is 11.5 Å². The summed E-state index contributed by atoms with van der Waals surface area (Å²) in [6.45, 7) is 5.85. The number of rotatable bonds is 8. The zero-order valence-electron chi connectivity index (χ0n) is 12.5. The standard InChI is InChI=1S/C15H24O5/c1-10(2)19-8-13(17)9-20-14-6-5-12(11(3)16)7-15(14)18-4/h5-7,10-11,13,16-17H,8-9H2,1-4H3/t11-,13?/m1/s1. The summed E-state index contributed by atoms with van der Waals surface area (Å²) < 4.78 is 16.0. The van der Waals surface area contributed by atoms with Crippen LogP contribution in [0.3, 0.4) is 0 Å². The Morgan fingerprint density at radius 2 is 1.75 bits per heavy atom. The minimum absolute atomic E-state index is 0.0736. The van der Waals surface area contributed by atoms with Crippen molar-refractivity contribution in [1.82, 2.24) is 0 Å². The fraction of sp³-hybridized carbons (Fsp3) is 0.600. The zero-order chi connectivity index (χ0) is 15.1. The van der Waals surface area contributed by atoms with E-state index in [1.54, 1.807) is 25.1 Å². The lowest BCUT2D eigenvalue weighted by atomic mass is 10.1. The van der Waals surface area contributed by atoms with Crippen LogP contribution in [-0.4, -0.2) is 42.7 Å². The van der Waals surface area contributed by atoms with Crippen molar-refractivity contribution in [3.05, 3.63) is 23.8 Å². The van der Waals surface area contributed by atoms with Gasteiger partial charge in [0, 0.05) is 0 Å². The van der Waals surface area contributed by atoms with Gasteiger partial charge in [-0.15, -0.1) is 0 Å². The van der Waals surface area contributed by atoms with Gasteiger partial charge in [-0.25, -0.2) is 0 Å². The molecule has 2 atom stereocenters. The van der Waals surface area contributed by atoms with Crippen molar-refractivity contribution in [3.63, 3.8) is 0 Å². The van der Waals surface area contributed by atoms with Crippen molar-refractivity contribution in [3.8, 4) is 11.5 Å². The first-order valence-electron chi connectivity index (χ1n) is 6.72. The summed E-state index contributed by atoms with van der Waals surface area (Å²) >= 11 is 0. The summed E-state index contributed by atoms with van der Waals surface area (Å²) in [4.78, 5) is 0. The third kappa shape index (κ3) is 5.36. The molecule has 5 heteroatoms. The largest absolute Gasteiger partial charge is 0.493 e. The van der Waals surface area contributed by atoms with Gasteiger partial charge in [-0.1, -0.05) is 6.07 Å². The van der Waals surface area contributed by atoms with Crippen molar-refractivity contribution in [2.24, 2.45) is 0 Å². The molecule has 1 aromatic rings. The normalized spacial score (nSPS) is 14.2. The van der Waals surface area contributed by atoms with Crippen LogP contribution in [0.1, 0.15) is 32.4 Å². The number of benzene rings is 1. The lowest BCUT2D eigenvalue weighted by molar-refractivity contribution is -0.0125. The number of aliphatic hydroxyl groups excluding tert-OH is 2. The van der Waals surface area contributed by atoms with Gasteiger partial charge in [0.25, 0.3) is 0 Å². The molecule has 0 saturated heterocycles. The van der Waals surface area contributed by atoms with E-state index in [0.717, 1.165) is 5.56 Å². The van der Waals surface area contributed by atoms with Gasteiger partial charge >= 0.3 is 0 Å². The molecule has 0 amide bonds. The molecule has 0 aliphatic carbocycles. The predicted octanol–water partition coefficient (Wildman–Crippen LogP) is 1.91. The van der Waals surface area contributed by atoms with Crippen LogP contribution in [0, 0.1) is 0 Å². The van der Waals surface area contributed by atoms with Crippen LogP contribution in [0.4, 0.5) is 0 Å². The van der Waals surface area contributed by atoms with Crippen molar-refractivity contribution in [2.45, 2.75) is 39.1 Å². The quantitative estimate of drug-likeness (QED) is 0.763. The third-order valence-electron chi connectivity index (χ3n) is 2.72. The number of aliphatic hydroxyl groups is 2. The summed E-state index contributed by atoms with van der Waals surface area (Å²) in [7, 11) is 1.53. The Balaban J connectivity index is 2.59. The fourth-order valence-corrected chi connectivity index (χ4v) is 1.60. The molecular weight excluding hydrogens is 260 g/mol. The number of methoxy groups -OCH3 is 1. The Labute approximate surface area is 120 Å². The lowest BCUT2D eigenvalue weighted by Gasteiger charge is -2.16. The molecule has 0 fully saturated rings. The van der Waals surface area contributed by atoms with Gasteiger partial charge in [-0.2, -0.15) is 0 Å². The molecule has 0 aliphatic rings. The van der Waals surface area contributed by atoms with Crippen LogP contribution >= 0.6 is 0 Å². The molecule has 0 bridgehead atoms. The molecule has 1 aromatic carbocycles. The Hall–Kier alpha value is -1.30. The molecule has 5 nitrogen and oxygen atoms in total. The highest BCUT2D eigenvalue weighted by Crippen LogP contribution is 2.30. The highest BCUT2D eigenvalue weighted by Gasteiger charge is 2.11. The molecule has 1 rings (SSSR count). The Kier molecular flexibility index (Phi) is 6.78. The van der Waals surface area contributed by atoms with Crippen LogP contribution in [0.25, 0.3) is 0 Å². The molecule has 0 spiro atoms. The monoisotopic (exact) mass is 284 g/mol. The van der Waals surface area contributed by atoms with Gasteiger partial charge in [0.1, 0.15) is 12.7 Å². The third-order valence-corrected chi connectivity index (χ3v) is 2.72. The van der Waals surface area contributed by atoms with Gasteiger partial charge < -0.3 is 24.4 Å². The van der Waals surface area contributed by atoms with E-state index in [-0.39, 0.29) is 19.3 Å². The molecule has 2 N–H and O–H groups in total. The maximum atomic E-state index is 9.73. The Morgan fingerprint density at radius 1 is 1.05 bits per heavy atom. The second-order valence-corrected chi connectivity index (χ2v) is 4.93. The molecular formula is C15H24O5. The summed E-state index contributed by atoms with van der Waals surface area (Å²) in [6, 6.07) is 5.20. The predicted molar refractivity (Wildman–Crippen MR) is 76.2 cm³/mol. The molecule has 0 heterocycles. The molecule has 114 valence electrons. The van der Waals surface area contributed by atoms with Crippen LogP contribution in [0.2, 0.25) is 0 Å². The first-order valence-corrected chi connectivity index (χ1v) is 6.72. The van der Waals surface area contributed by atoms with E-state index >= 15 is 0 Å². The maximum absolute atomic E-state index is 9.73. The smallest absolute Gasteiger partial charge is 0.161 e. The highest BCUT2D eigenvalue weighted by molar-refractivity contribution is 5.43. The fourth-order valence-electron chi connectivity index (χ4n) is 1.60. The maximum Gasteiger partial charge on any atom is 0.161 e.